The Bertz CT molecular complexity index is 676. The molecular weight excluding hydrogens is 360 g/mol. The molecule has 1 heterocycles. The zero-order valence-electron chi connectivity index (χ0n) is 12.7. The minimum Gasteiger partial charge on any atom is -0.482 e. The van der Waals surface area contributed by atoms with Crippen LogP contribution in [-0.4, -0.2) is 18.4 Å². The van der Waals surface area contributed by atoms with Gasteiger partial charge in [0, 0.05) is 17.0 Å². The van der Waals surface area contributed by atoms with E-state index in [0.717, 1.165) is 16.3 Å². The molecule has 2 saturated carbocycles. The highest BCUT2D eigenvalue weighted by atomic mass is 79.9. The van der Waals surface area contributed by atoms with Gasteiger partial charge in [0.05, 0.1) is 11.4 Å². The van der Waals surface area contributed by atoms with E-state index >= 15 is 0 Å². The van der Waals surface area contributed by atoms with E-state index in [4.69, 9.17) is 4.74 Å². The van der Waals surface area contributed by atoms with Gasteiger partial charge in [0.1, 0.15) is 5.75 Å². The normalized spacial score (nSPS) is 28.0. The molecule has 23 heavy (non-hydrogen) atoms. The first kappa shape index (κ1) is 15.0. The summed E-state index contributed by atoms with van der Waals surface area (Å²) < 4.78 is 6.14. The van der Waals surface area contributed by atoms with E-state index in [0.29, 0.717) is 29.5 Å². The molecule has 0 saturated heterocycles. The number of anilines is 2. The summed E-state index contributed by atoms with van der Waals surface area (Å²) in [6.07, 6.45) is 5.76. The van der Waals surface area contributed by atoms with Crippen LogP contribution in [0.1, 0.15) is 32.1 Å². The monoisotopic (exact) mass is 378 g/mol. The van der Waals surface area contributed by atoms with Crippen LogP contribution in [0.15, 0.2) is 16.6 Å². The van der Waals surface area contributed by atoms with Gasteiger partial charge in [-0.3, -0.25) is 9.59 Å². The van der Waals surface area contributed by atoms with Crippen molar-refractivity contribution in [3.8, 4) is 5.75 Å². The highest BCUT2D eigenvalue weighted by molar-refractivity contribution is 9.10. The molecule has 122 valence electrons. The molecule has 3 atom stereocenters. The summed E-state index contributed by atoms with van der Waals surface area (Å²) >= 11 is 3.45. The molecule has 2 aliphatic carbocycles. The van der Waals surface area contributed by atoms with Gasteiger partial charge >= 0.3 is 0 Å². The number of nitrogens with one attached hydrogen (secondary N) is 2. The third-order valence-electron chi connectivity index (χ3n) is 5.31. The van der Waals surface area contributed by atoms with Gasteiger partial charge in [-0.15, -0.1) is 0 Å². The second-order valence-corrected chi connectivity index (χ2v) is 7.71. The Balaban J connectivity index is 1.44. The summed E-state index contributed by atoms with van der Waals surface area (Å²) in [7, 11) is 0. The van der Waals surface area contributed by atoms with E-state index in [-0.39, 0.29) is 18.4 Å². The molecule has 0 aromatic heterocycles. The van der Waals surface area contributed by atoms with Gasteiger partial charge in [-0.1, -0.05) is 6.42 Å². The summed E-state index contributed by atoms with van der Waals surface area (Å²) in [6, 6.07) is 3.52. The lowest BCUT2D eigenvalue weighted by molar-refractivity contribution is -0.119. The molecule has 2 fully saturated rings. The molecule has 1 aromatic carbocycles. The Morgan fingerprint density at radius 2 is 2.22 bits per heavy atom. The third kappa shape index (κ3) is 2.96. The van der Waals surface area contributed by atoms with Crippen molar-refractivity contribution in [2.75, 3.05) is 17.2 Å². The second kappa shape index (κ2) is 5.82. The lowest BCUT2D eigenvalue weighted by atomic mass is 9.86. The highest BCUT2D eigenvalue weighted by Gasteiger charge is 2.40. The second-order valence-electron chi connectivity index (χ2n) is 6.85. The predicted octanol–water partition coefficient (Wildman–Crippen LogP) is 3.54. The molecule has 0 spiro atoms. The molecule has 4 rings (SSSR count). The number of carbonyl (C=O) groups excluding carboxylic acids is 2. The van der Waals surface area contributed by atoms with Crippen molar-refractivity contribution in [1.29, 1.82) is 0 Å². The fourth-order valence-corrected chi connectivity index (χ4v) is 4.70. The summed E-state index contributed by atoms with van der Waals surface area (Å²) in [5, 5.41) is 5.73. The lowest BCUT2D eigenvalue weighted by Crippen LogP contribution is -2.25. The Hall–Kier alpha value is -1.56. The topological polar surface area (TPSA) is 67.4 Å². The van der Waals surface area contributed by atoms with Gasteiger partial charge in [0.25, 0.3) is 5.91 Å². The van der Waals surface area contributed by atoms with Gasteiger partial charge < -0.3 is 15.4 Å². The lowest BCUT2D eigenvalue weighted by Gasteiger charge is -2.22. The van der Waals surface area contributed by atoms with E-state index in [1.807, 2.05) is 0 Å². The molecule has 1 aliphatic heterocycles. The Morgan fingerprint density at radius 1 is 1.35 bits per heavy atom. The molecule has 2 bridgehead atoms. The molecule has 2 N–H and O–H groups in total. The fourth-order valence-electron chi connectivity index (χ4n) is 4.26. The van der Waals surface area contributed by atoms with Crippen LogP contribution in [0.3, 0.4) is 0 Å². The number of hydrogen-bond donors (Lipinski definition) is 2. The molecule has 2 amide bonds. The van der Waals surface area contributed by atoms with Crippen molar-refractivity contribution in [1.82, 2.24) is 0 Å². The summed E-state index contributed by atoms with van der Waals surface area (Å²) in [5.74, 6) is 2.62. The molecule has 0 radical (unpaired) electrons. The van der Waals surface area contributed by atoms with Crippen LogP contribution in [0.2, 0.25) is 0 Å². The van der Waals surface area contributed by atoms with Gasteiger partial charge in [-0.05, 0) is 59.0 Å². The zero-order valence-corrected chi connectivity index (χ0v) is 14.3. The Morgan fingerprint density at radius 3 is 2.96 bits per heavy atom. The first-order chi connectivity index (χ1) is 11.1. The number of fused-ring (bicyclic) bond motifs is 3. The number of halogens is 1. The molecule has 1 aromatic rings. The van der Waals surface area contributed by atoms with Gasteiger partial charge in [-0.25, -0.2) is 0 Å². The van der Waals surface area contributed by atoms with Crippen LogP contribution in [0.25, 0.3) is 0 Å². The van der Waals surface area contributed by atoms with Crippen molar-refractivity contribution >= 4 is 39.1 Å². The third-order valence-corrected chi connectivity index (χ3v) is 5.96. The van der Waals surface area contributed by atoms with Crippen LogP contribution < -0.4 is 15.4 Å². The maximum atomic E-state index is 12.4. The SMILES string of the molecule is O=C(C[C@@H]1C[C@H]2CC[C@H]1C2)Nc1cc2c(cc1Br)NC(=O)CO2. The highest BCUT2D eigenvalue weighted by Crippen LogP contribution is 2.49. The van der Waals surface area contributed by atoms with Crippen molar-refractivity contribution in [2.24, 2.45) is 17.8 Å². The first-order valence-electron chi connectivity index (χ1n) is 8.14. The predicted molar refractivity (Wildman–Crippen MR) is 90.5 cm³/mol. The first-order valence-corrected chi connectivity index (χ1v) is 8.94. The van der Waals surface area contributed by atoms with Crippen molar-refractivity contribution in [3.63, 3.8) is 0 Å². The van der Waals surface area contributed by atoms with Crippen molar-refractivity contribution < 1.29 is 14.3 Å². The van der Waals surface area contributed by atoms with Crippen LogP contribution in [0, 0.1) is 17.8 Å². The molecule has 3 aliphatic rings. The van der Waals surface area contributed by atoms with Crippen LogP contribution in [-0.2, 0) is 9.59 Å². The van der Waals surface area contributed by atoms with E-state index in [9.17, 15) is 9.59 Å². The molecular formula is C17H19BrN2O3. The van der Waals surface area contributed by atoms with Crippen molar-refractivity contribution in [3.05, 3.63) is 16.6 Å². The quantitative estimate of drug-likeness (QED) is 0.844. The van der Waals surface area contributed by atoms with E-state index in [2.05, 4.69) is 26.6 Å². The van der Waals surface area contributed by atoms with Gasteiger partial charge in [0.15, 0.2) is 6.61 Å². The largest absolute Gasteiger partial charge is 0.482 e. The van der Waals surface area contributed by atoms with Crippen LogP contribution in [0.4, 0.5) is 11.4 Å². The van der Waals surface area contributed by atoms with Crippen LogP contribution >= 0.6 is 15.9 Å². The number of benzene rings is 1. The minimum atomic E-state index is -0.169. The maximum Gasteiger partial charge on any atom is 0.262 e. The van der Waals surface area contributed by atoms with Gasteiger partial charge in [0.2, 0.25) is 5.91 Å². The average Bonchev–Trinajstić information content (AvgIpc) is 3.11. The Kier molecular flexibility index (Phi) is 3.79. The zero-order chi connectivity index (χ0) is 16.0. The van der Waals surface area contributed by atoms with Crippen molar-refractivity contribution in [2.45, 2.75) is 32.1 Å². The van der Waals surface area contributed by atoms with Gasteiger partial charge in [-0.2, -0.15) is 0 Å². The number of carbonyl (C=O) groups is 2. The van der Waals surface area contributed by atoms with E-state index in [1.54, 1.807) is 12.1 Å². The van der Waals surface area contributed by atoms with E-state index < -0.39 is 0 Å². The Labute approximate surface area is 143 Å². The standard InChI is InChI=1S/C17H19BrN2O3/c18-12-6-14-15(23-8-17(22)20-14)7-13(12)19-16(21)5-11-4-9-1-2-10(11)3-9/h6-7,9-11H,1-5,8H2,(H,19,21)(H,20,22)/t9-,10-,11-/m0/s1. The molecule has 0 unspecified atom stereocenters. The van der Waals surface area contributed by atoms with Crippen LogP contribution in [0.5, 0.6) is 5.75 Å². The van der Waals surface area contributed by atoms with E-state index in [1.165, 1.54) is 25.7 Å². The summed E-state index contributed by atoms with van der Waals surface area (Å²) in [5.41, 5.74) is 1.31. The maximum absolute atomic E-state index is 12.4. The number of hydrogen-bond acceptors (Lipinski definition) is 3. The minimum absolute atomic E-state index is 0.00710. The number of rotatable bonds is 3. The number of amides is 2. The summed E-state index contributed by atoms with van der Waals surface area (Å²) in [4.78, 5) is 23.7. The fraction of sp³-hybridized carbons (Fsp3) is 0.529. The molecule has 5 nitrogen and oxygen atoms in total. The average molecular weight is 379 g/mol. The summed E-state index contributed by atoms with van der Waals surface area (Å²) in [6.45, 7) is 0.00710. The molecule has 6 heteroatoms. The smallest absolute Gasteiger partial charge is 0.262 e. The number of ether oxygens (including phenoxy) is 1.